The van der Waals surface area contributed by atoms with Crippen LogP contribution in [0.25, 0.3) is 0 Å². The monoisotopic (exact) mass is 324 g/mol. The molecule has 0 saturated heterocycles. The van der Waals surface area contributed by atoms with Gasteiger partial charge in [0.2, 0.25) is 0 Å². The zero-order chi connectivity index (χ0) is 17.1. The van der Waals surface area contributed by atoms with Crippen molar-refractivity contribution in [2.45, 2.75) is 25.9 Å². The van der Waals surface area contributed by atoms with Crippen molar-refractivity contribution in [1.82, 2.24) is 0 Å². The van der Waals surface area contributed by atoms with E-state index in [1.165, 1.54) is 6.07 Å². The highest BCUT2D eigenvalue weighted by atomic mass is 16.5. The topological polar surface area (TPSA) is 72.6 Å². The molecule has 0 aromatic heterocycles. The minimum atomic E-state index is -0.856. The number of rotatable bonds is 3. The van der Waals surface area contributed by atoms with Gasteiger partial charge in [0.15, 0.2) is 6.10 Å². The van der Waals surface area contributed by atoms with Crippen LogP contribution in [0.15, 0.2) is 48.5 Å². The summed E-state index contributed by atoms with van der Waals surface area (Å²) in [5.74, 6) is -0.757. The second-order valence-electron chi connectivity index (χ2n) is 5.90. The van der Waals surface area contributed by atoms with Crippen LogP contribution in [0.3, 0.4) is 0 Å². The van der Waals surface area contributed by atoms with Crippen LogP contribution in [0.2, 0.25) is 0 Å². The highest BCUT2D eigenvalue weighted by molar-refractivity contribution is 6.00. The molecular formula is C19H20N2O3. The minimum absolute atomic E-state index is 0.209. The lowest BCUT2D eigenvalue weighted by atomic mass is 10.0. The molecule has 1 atom stereocenters. The van der Waals surface area contributed by atoms with E-state index in [0.717, 1.165) is 24.1 Å². The number of fused-ring (bicyclic) bond motifs is 1. The summed E-state index contributed by atoms with van der Waals surface area (Å²) in [4.78, 5) is 26.6. The van der Waals surface area contributed by atoms with Gasteiger partial charge in [-0.1, -0.05) is 24.3 Å². The molecule has 1 heterocycles. The van der Waals surface area contributed by atoms with Crippen molar-refractivity contribution in [2.24, 2.45) is 0 Å². The van der Waals surface area contributed by atoms with Gasteiger partial charge >= 0.3 is 5.97 Å². The molecule has 1 aliphatic rings. The average Bonchev–Trinajstić information content (AvgIpc) is 2.60. The summed E-state index contributed by atoms with van der Waals surface area (Å²) in [5.41, 5.74) is 8.54. The van der Waals surface area contributed by atoms with Gasteiger partial charge in [0.1, 0.15) is 0 Å². The summed E-state index contributed by atoms with van der Waals surface area (Å²) < 4.78 is 5.34. The zero-order valence-corrected chi connectivity index (χ0v) is 13.6. The molecule has 0 aliphatic carbocycles. The van der Waals surface area contributed by atoms with E-state index < -0.39 is 12.1 Å². The number of para-hydroxylation sites is 1. The molecule has 0 spiro atoms. The van der Waals surface area contributed by atoms with Crippen molar-refractivity contribution in [1.29, 1.82) is 0 Å². The molecule has 124 valence electrons. The van der Waals surface area contributed by atoms with E-state index in [4.69, 9.17) is 10.5 Å². The quantitative estimate of drug-likeness (QED) is 0.696. The Kier molecular flexibility index (Phi) is 4.51. The number of carbonyl (C=O) groups excluding carboxylic acids is 2. The Morgan fingerprint density at radius 3 is 2.75 bits per heavy atom. The number of hydrogen-bond acceptors (Lipinski definition) is 4. The van der Waals surface area contributed by atoms with E-state index in [9.17, 15) is 9.59 Å². The fourth-order valence-corrected chi connectivity index (χ4v) is 2.93. The zero-order valence-electron chi connectivity index (χ0n) is 13.6. The fourth-order valence-electron chi connectivity index (χ4n) is 2.93. The van der Waals surface area contributed by atoms with E-state index in [2.05, 4.69) is 0 Å². The molecule has 3 rings (SSSR count). The third-order valence-corrected chi connectivity index (χ3v) is 4.13. The number of nitrogens with zero attached hydrogens (tertiary/aromatic N) is 1. The first-order valence-corrected chi connectivity index (χ1v) is 8.02. The van der Waals surface area contributed by atoms with Gasteiger partial charge in [0.05, 0.1) is 5.56 Å². The molecule has 24 heavy (non-hydrogen) atoms. The number of anilines is 2. The molecule has 0 fully saturated rings. The van der Waals surface area contributed by atoms with Gasteiger partial charge < -0.3 is 15.4 Å². The first kappa shape index (κ1) is 16.1. The molecule has 2 aromatic carbocycles. The maximum absolute atomic E-state index is 12.7. The smallest absolute Gasteiger partial charge is 0.338 e. The third-order valence-electron chi connectivity index (χ3n) is 4.13. The first-order chi connectivity index (χ1) is 11.6. The van der Waals surface area contributed by atoms with Gasteiger partial charge in [-0.15, -0.1) is 0 Å². The Balaban J connectivity index is 1.73. The van der Waals surface area contributed by atoms with Gasteiger partial charge in [0.25, 0.3) is 5.91 Å². The molecule has 2 N–H and O–H groups in total. The lowest BCUT2D eigenvalue weighted by molar-refractivity contribution is -0.126. The third kappa shape index (κ3) is 3.25. The second kappa shape index (κ2) is 6.74. The number of benzene rings is 2. The van der Waals surface area contributed by atoms with Crippen LogP contribution in [0.1, 0.15) is 29.3 Å². The summed E-state index contributed by atoms with van der Waals surface area (Å²) in [6.45, 7) is 2.24. The minimum Gasteiger partial charge on any atom is -0.449 e. The van der Waals surface area contributed by atoms with Crippen molar-refractivity contribution in [3.63, 3.8) is 0 Å². The van der Waals surface area contributed by atoms with E-state index >= 15 is 0 Å². The van der Waals surface area contributed by atoms with E-state index in [1.807, 2.05) is 24.3 Å². The van der Waals surface area contributed by atoms with E-state index in [-0.39, 0.29) is 5.91 Å². The van der Waals surface area contributed by atoms with E-state index in [1.54, 1.807) is 30.0 Å². The normalized spacial score (nSPS) is 14.6. The summed E-state index contributed by atoms with van der Waals surface area (Å²) in [6.07, 6.45) is 1.00. The molecule has 0 bridgehead atoms. The maximum atomic E-state index is 12.7. The highest BCUT2D eigenvalue weighted by Crippen LogP contribution is 2.27. The van der Waals surface area contributed by atoms with Crippen molar-refractivity contribution in [2.75, 3.05) is 17.2 Å². The van der Waals surface area contributed by atoms with Crippen LogP contribution in [0, 0.1) is 0 Å². The second-order valence-corrected chi connectivity index (χ2v) is 5.90. The number of amides is 1. The number of carbonyl (C=O) groups is 2. The van der Waals surface area contributed by atoms with Crippen LogP contribution in [-0.4, -0.2) is 24.5 Å². The number of nitrogens with two attached hydrogens (primary N) is 1. The standard InChI is InChI=1S/C19H20N2O3/c1-13(24-19(23)15-7-4-9-16(20)12-15)18(22)21-11-5-8-14-6-2-3-10-17(14)21/h2-4,6-7,9-10,12-13H,5,8,11,20H2,1H3. The Morgan fingerprint density at radius 2 is 1.96 bits per heavy atom. The number of aryl methyl sites for hydroxylation is 1. The van der Waals surface area contributed by atoms with Crippen LogP contribution in [-0.2, 0) is 16.0 Å². The maximum Gasteiger partial charge on any atom is 0.338 e. The van der Waals surface area contributed by atoms with Crippen molar-refractivity contribution in [3.05, 3.63) is 59.7 Å². The van der Waals surface area contributed by atoms with Gasteiger partial charge in [-0.25, -0.2) is 4.79 Å². The molecule has 1 aliphatic heterocycles. The SMILES string of the molecule is CC(OC(=O)c1cccc(N)c1)C(=O)N1CCCc2ccccc21. The van der Waals surface area contributed by atoms with Gasteiger partial charge in [-0.3, -0.25) is 4.79 Å². The lowest BCUT2D eigenvalue weighted by Crippen LogP contribution is -2.42. The Labute approximate surface area is 141 Å². The largest absolute Gasteiger partial charge is 0.449 e. The molecule has 1 unspecified atom stereocenters. The molecule has 0 saturated carbocycles. The summed E-state index contributed by atoms with van der Waals surface area (Å²) in [5, 5.41) is 0. The molecule has 2 aromatic rings. The lowest BCUT2D eigenvalue weighted by Gasteiger charge is -2.31. The van der Waals surface area contributed by atoms with E-state index in [0.29, 0.717) is 17.8 Å². The summed E-state index contributed by atoms with van der Waals surface area (Å²) >= 11 is 0. The summed E-state index contributed by atoms with van der Waals surface area (Å²) in [6, 6.07) is 14.4. The molecule has 5 nitrogen and oxygen atoms in total. The molecule has 0 radical (unpaired) electrons. The number of hydrogen-bond donors (Lipinski definition) is 1. The van der Waals surface area contributed by atoms with Gasteiger partial charge in [-0.2, -0.15) is 0 Å². The van der Waals surface area contributed by atoms with Crippen molar-refractivity contribution >= 4 is 23.3 Å². The van der Waals surface area contributed by atoms with Gasteiger partial charge in [0, 0.05) is 17.9 Å². The molecule has 1 amide bonds. The number of ether oxygens (including phenoxy) is 1. The average molecular weight is 324 g/mol. The van der Waals surface area contributed by atoms with Crippen molar-refractivity contribution < 1.29 is 14.3 Å². The predicted molar refractivity (Wildman–Crippen MR) is 92.8 cm³/mol. The Morgan fingerprint density at radius 1 is 1.17 bits per heavy atom. The number of nitrogen functional groups attached to an aromatic ring is 1. The molecule has 5 heteroatoms. The van der Waals surface area contributed by atoms with Crippen molar-refractivity contribution in [3.8, 4) is 0 Å². The number of esters is 1. The van der Waals surface area contributed by atoms with Crippen LogP contribution < -0.4 is 10.6 Å². The summed E-state index contributed by atoms with van der Waals surface area (Å²) in [7, 11) is 0. The van der Waals surface area contributed by atoms with Crippen LogP contribution in [0.5, 0.6) is 0 Å². The first-order valence-electron chi connectivity index (χ1n) is 8.02. The van der Waals surface area contributed by atoms with Crippen LogP contribution in [0.4, 0.5) is 11.4 Å². The Hall–Kier alpha value is -2.82. The van der Waals surface area contributed by atoms with Crippen LogP contribution >= 0.6 is 0 Å². The highest BCUT2D eigenvalue weighted by Gasteiger charge is 2.28. The fraction of sp³-hybridized carbons (Fsp3) is 0.263. The van der Waals surface area contributed by atoms with Gasteiger partial charge in [-0.05, 0) is 49.6 Å². The molecular weight excluding hydrogens is 304 g/mol. The Bertz CT molecular complexity index is 773. The predicted octanol–water partition coefficient (Wildman–Crippen LogP) is 2.79.